The standard InChI is InChI=1S/C18H19N5O3/c1-19-18(24)13-11-12(23(25)26)8-9-14(13)20-10-4-7-17-21-15-5-2-3-6-16(15)22-17/h2-3,5-6,8-9,11,20H,4,7,10H2,1H3,(H,19,24)(H,21,22). The van der Waals surface area contributed by atoms with Crippen molar-refractivity contribution in [1.82, 2.24) is 15.3 Å². The second kappa shape index (κ2) is 7.64. The zero-order valence-corrected chi connectivity index (χ0v) is 14.3. The molecule has 0 unspecified atom stereocenters. The number of rotatable bonds is 7. The Balaban J connectivity index is 1.63. The topological polar surface area (TPSA) is 113 Å². The van der Waals surface area contributed by atoms with Crippen molar-refractivity contribution >= 4 is 28.3 Å². The SMILES string of the molecule is CNC(=O)c1cc([N+](=O)[O-])ccc1NCCCc1nc2ccccc2[nH]1. The lowest BCUT2D eigenvalue weighted by molar-refractivity contribution is -0.384. The molecule has 0 spiro atoms. The van der Waals surface area contributed by atoms with E-state index in [2.05, 4.69) is 20.6 Å². The molecule has 0 fully saturated rings. The lowest BCUT2D eigenvalue weighted by Gasteiger charge is -2.10. The van der Waals surface area contributed by atoms with E-state index < -0.39 is 4.92 Å². The number of aromatic amines is 1. The molecule has 8 nitrogen and oxygen atoms in total. The second-order valence-corrected chi connectivity index (χ2v) is 5.80. The Morgan fingerprint density at radius 1 is 1.27 bits per heavy atom. The summed E-state index contributed by atoms with van der Waals surface area (Å²) in [5.41, 5.74) is 2.65. The van der Waals surface area contributed by atoms with Gasteiger partial charge in [-0.15, -0.1) is 0 Å². The summed E-state index contributed by atoms with van der Waals surface area (Å²) in [4.78, 5) is 30.2. The van der Waals surface area contributed by atoms with Crippen LogP contribution < -0.4 is 10.6 Å². The van der Waals surface area contributed by atoms with Gasteiger partial charge in [-0.1, -0.05) is 12.1 Å². The number of fused-ring (bicyclic) bond motifs is 1. The molecule has 3 rings (SSSR count). The van der Waals surface area contributed by atoms with Gasteiger partial charge in [-0.25, -0.2) is 4.98 Å². The summed E-state index contributed by atoms with van der Waals surface area (Å²) in [6.45, 7) is 0.610. The number of carbonyl (C=O) groups is 1. The lowest BCUT2D eigenvalue weighted by Crippen LogP contribution is -2.20. The van der Waals surface area contributed by atoms with Crippen LogP contribution in [-0.4, -0.2) is 34.4 Å². The van der Waals surface area contributed by atoms with Gasteiger partial charge in [-0.05, 0) is 24.6 Å². The van der Waals surface area contributed by atoms with Gasteiger partial charge < -0.3 is 15.6 Å². The molecule has 2 aromatic carbocycles. The van der Waals surface area contributed by atoms with E-state index in [1.54, 1.807) is 6.07 Å². The van der Waals surface area contributed by atoms with Crippen molar-refractivity contribution in [2.75, 3.05) is 18.9 Å². The largest absolute Gasteiger partial charge is 0.384 e. The van der Waals surface area contributed by atoms with E-state index in [-0.39, 0.29) is 17.2 Å². The molecule has 1 aromatic heterocycles. The molecule has 3 N–H and O–H groups in total. The first-order valence-electron chi connectivity index (χ1n) is 8.26. The average molecular weight is 353 g/mol. The number of nitro groups is 1. The number of nitrogens with one attached hydrogen (secondary N) is 3. The minimum Gasteiger partial charge on any atom is -0.384 e. The number of hydrogen-bond donors (Lipinski definition) is 3. The molecule has 3 aromatic rings. The maximum Gasteiger partial charge on any atom is 0.270 e. The number of aromatic nitrogens is 2. The average Bonchev–Trinajstić information content (AvgIpc) is 3.07. The number of nitro benzene ring substituents is 1. The van der Waals surface area contributed by atoms with Gasteiger partial charge >= 0.3 is 0 Å². The Bertz CT molecular complexity index is 918. The fourth-order valence-corrected chi connectivity index (χ4v) is 2.73. The summed E-state index contributed by atoms with van der Waals surface area (Å²) in [6, 6.07) is 12.1. The van der Waals surface area contributed by atoms with Crippen LogP contribution in [0.4, 0.5) is 11.4 Å². The van der Waals surface area contributed by atoms with Crippen molar-refractivity contribution < 1.29 is 9.72 Å². The van der Waals surface area contributed by atoms with Crippen LogP contribution in [0.5, 0.6) is 0 Å². The summed E-state index contributed by atoms with van der Waals surface area (Å²) < 4.78 is 0. The summed E-state index contributed by atoms with van der Waals surface area (Å²) in [5, 5.41) is 16.6. The molecule has 0 radical (unpaired) electrons. The predicted octanol–water partition coefficient (Wildman–Crippen LogP) is 2.88. The van der Waals surface area contributed by atoms with E-state index in [1.165, 1.54) is 19.2 Å². The number of amides is 1. The highest BCUT2D eigenvalue weighted by molar-refractivity contribution is 6.00. The van der Waals surface area contributed by atoms with E-state index in [4.69, 9.17) is 0 Å². The normalized spacial score (nSPS) is 10.7. The molecule has 0 aliphatic rings. The van der Waals surface area contributed by atoms with E-state index in [0.717, 1.165) is 29.7 Å². The van der Waals surface area contributed by atoms with Crippen LogP contribution in [0.2, 0.25) is 0 Å². The molecule has 1 heterocycles. The fraction of sp³-hybridized carbons (Fsp3) is 0.222. The number of aryl methyl sites for hydroxylation is 1. The molecule has 1 amide bonds. The van der Waals surface area contributed by atoms with Gasteiger partial charge in [0.2, 0.25) is 0 Å². The summed E-state index contributed by atoms with van der Waals surface area (Å²) >= 11 is 0. The second-order valence-electron chi connectivity index (χ2n) is 5.80. The molecule has 26 heavy (non-hydrogen) atoms. The number of H-pyrrole nitrogens is 1. The van der Waals surface area contributed by atoms with Gasteiger partial charge in [0.05, 0.1) is 21.5 Å². The highest BCUT2D eigenvalue weighted by Crippen LogP contribution is 2.22. The van der Waals surface area contributed by atoms with Crippen molar-refractivity contribution in [2.24, 2.45) is 0 Å². The maximum atomic E-state index is 12.0. The number of anilines is 1. The first-order chi connectivity index (χ1) is 12.6. The number of hydrogen-bond acceptors (Lipinski definition) is 5. The quantitative estimate of drug-likeness (QED) is 0.343. The fourth-order valence-electron chi connectivity index (χ4n) is 2.73. The molecule has 0 atom stereocenters. The van der Waals surface area contributed by atoms with E-state index in [1.807, 2.05) is 24.3 Å². The van der Waals surface area contributed by atoms with Crippen LogP contribution >= 0.6 is 0 Å². The highest BCUT2D eigenvalue weighted by atomic mass is 16.6. The monoisotopic (exact) mass is 353 g/mol. The lowest BCUT2D eigenvalue weighted by atomic mass is 10.1. The third kappa shape index (κ3) is 3.80. The summed E-state index contributed by atoms with van der Waals surface area (Å²) in [7, 11) is 1.49. The first kappa shape index (κ1) is 17.4. The number of nitrogens with zero attached hydrogens (tertiary/aromatic N) is 2. The Morgan fingerprint density at radius 2 is 2.08 bits per heavy atom. The van der Waals surface area contributed by atoms with Gasteiger partial charge in [0, 0.05) is 37.8 Å². The van der Waals surface area contributed by atoms with Gasteiger partial charge in [-0.2, -0.15) is 0 Å². The van der Waals surface area contributed by atoms with Crippen LogP contribution in [0, 0.1) is 10.1 Å². The molecular formula is C18H19N5O3. The Morgan fingerprint density at radius 3 is 2.81 bits per heavy atom. The van der Waals surface area contributed by atoms with E-state index in [0.29, 0.717) is 12.2 Å². The molecule has 0 saturated carbocycles. The molecule has 0 bridgehead atoms. The van der Waals surface area contributed by atoms with Crippen molar-refractivity contribution in [1.29, 1.82) is 0 Å². The van der Waals surface area contributed by atoms with Crippen LogP contribution in [-0.2, 0) is 6.42 Å². The minimum absolute atomic E-state index is 0.114. The number of carbonyl (C=O) groups excluding carboxylic acids is 1. The van der Waals surface area contributed by atoms with E-state index in [9.17, 15) is 14.9 Å². The Kier molecular flexibility index (Phi) is 5.12. The Hall–Kier alpha value is -3.42. The maximum absolute atomic E-state index is 12.0. The first-order valence-corrected chi connectivity index (χ1v) is 8.26. The van der Waals surface area contributed by atoms with Crippen LogP contribution in [0.15, 0.2) is 42.5 Å². The van der Waals surface area contributed by atoms with Gasteiger partial charge in [-0.3, -0.25) is 14.9 Å². The third-order valence-electron chi connectivity index (χ3n) is 4.03. The van der Waals surface area contributed by atoms with Crippen molar-refractivity contribution in [3.05, 3.63) is 64.0 Å². The summed E-state index contributed by atoms with van der Waals surface area (Å²) in [5.74, 6) is 0.539. The molecule has 8 heteroatoms. The van der Waals surface area contributed by atoms with Crippen LogP contribution in [0.3, 0.4) is 0 Å². The molecule has 0 aliphatic carbocycles. The zero-order chi connectivity index (χ0) is 18.5. The zero-order valence-electron chi connectivity index (χ0n) is 14.3. The van der Waals surface area contributed by atoms with E-state index >= 15 is 0 Å². The smallest absolute Gasteiger partial charge is 0.270 e. The van der Waals surface area contributed by atoms with Crippen LogP contribution in [0.1, 0.15) is 22.6 Å². The number of non-ortho nitro benzene ring substituents is 1. The number of para-hydroxylation sites is 2. The van der Waals surface area contributed by atoms with Crippen molar-refractivity contribution in [3.8, 4) is 0 Å². The van der Waals surface area contributed by atoms with Crippen molar-refractivity contribution in [3.63, 3.8) is 0 Å². The highest BCUT2D eigenvalue weighted by Gasteiger charge is 2.15. The van der Waals surface area contributed by atoms with Gasteiger partial charge in [0.15, 0.2) is 0 Å². The van der Waals surface area contributed by atoms with Gasteiger partial charge in [0.25, 0.3) is 11.6 Å². The third-order valence-corrected chi connectivity index (χ3v) is 4.03. The number of imidazole rings is 1. The minimum atomic E-state index is -0.516. The van der Waals surface area contributed by atoms with Crippen molar-refractivity contribution in [2.45, 2.75) is 12.8 Å². The molecular weight excluding hydrogens is 334 g/mol. The molecule has 0 aliphatic heterocycles. The molecule has 0 saturated heterocycles. The summed E-state index contributed by atoms with van der Waals surface area (Å²) in [6.07, 6.45) is 1.55. The van der Waals surface area contributed by atoms with Gasteiger partial charge in [0.1, 0.15) is 5.82 Å². The predicted molar refractivity (Wildman–Crippen MR) is 99.4 cm³/mol. The Labute approximate surface area is 149 Å². The van der Waals surface area contributed by atoms with Crippen LogP contribution in [0.25, 0.3) is 11.0 Å². The molecule has 134 valence electrons. The number of benzene rings is 2.